The number of aromatic nitrogens is 1. The molecule has 5 nitrogen and oxygen atoms in total. The van der Waals surface area contributed by atoms with Crippen molar-refractivity contribution < 1.29 is 15.0 Å². The number of phenolic OH excluding ortho intramolecular Hbond substituents is 2. The van der Waals surface area contributed by atoms with Gasteiger partial charge in [0, 0.05) is 5.56 Å². The van der Waals surface area contributed by atoms with Gasteiger partial charge in [-0.15, -0.1) is 0 Å². The third-order valence-corrected chi connectivity index (χ3v) is 2.64. The molecule has 1 amide bonds. The van der Waals surface area contributed by atoms with Crippen LogP contribution in [0, 0.1) is 0 Å². The number of amides is 1. The Bertz CT molecular complexity index is 602. The Morgan fingerprint density at radius 1 is 1.17 bits per heavy atom. The summed E-state index contributed by atoms with van der Waals surface area (Å²) in [5, 5.41) is 21.0. The summed E-state index contributed by atoms with van der Waals surface area (Å²) >= 11 is 3.19. The second kappa shape index (κ2) is 5.05. The molecular weight excluding hydrogens is 300 g/mol. The number of pyridine rings is 1. The number of anilines is 1. The van der Waals surface area contributed by atoms with Crippen LogP contribution in [0.2, 0.25) is 0 Å². The van der Waals surface area contributed by atoms with Gasteiger partial charge in [-0.05, 0) is 46.3 Å². The molecule has 3 N–H and O–H groups in total. The normalized spacial score (nSPS) is 10.1. The van der Waals surface area contributed by atoms with Crippen molar-refractivity contribution >= 4 is 27.7 Å². The fourth-order valence-electron chi connectivity index (χ4n) is 1.33. The van der Waals surface area contributed by atoms with Crippen molar-refractivity contribution in [1.82, 2.24) is 4.98 Å². The zero-order valence-electron chi connectivity index (χ0n) is 9.09. The van der Waals surface area contributed by atoms with E-state index in [0.29, 0.717) is 10.4 Å². The molecule has 0 spiro atoms. The number of nitrogens with one attached hydrogen (secondary N) is 1. The second-order valence-electron chi connectivity index (χ2n) is 3.50. The Hall–Kier alpha value is -2.08. The number of phenols is 2. The van der Waals surface area contributed by atoms with Crippen LogP contribution in [-0.4, -0.2) is 21.1 Å². The van der Waals surface area contributed by atoms with Crippen LogP contribution >= 0.6 is 15.9 Å². The summed E-state index contributed by atoms with van der Waals surface area (Å²) in [6.07, 6.45) is 0. The van der Waals surface area contributed by atoms with Gasteiger partial charge < -0.3 is 15.5 Å². The van der Waals surface area contributed by atoms with Crippen LogP contribution in [-0.2, 0) is 0 Å². The predicted molar refractivity (Wildman–Crippen MR) is 69.7 cm³/mol. The highest BCUT2D eigenvalue weighted by Gasteiger charge is 2.09. The van der Waals surface area contributed by atoms with E-state index in [0.717, 1.165) is 0 Å². The van der Waals surface area contributed by atoms with Crippen LogP contribution in [0.1, 0.15) is 10.4 Å². The predicted octanol–water partition coefficient (Wildman–Crippen LogP) is 2.51. The zero-order valence-corrected chi connectivity index (χ0v) is 10.7. The monoisotopic (exact) mass is 308 g/mol. The molecule has 0 fully saturated rings. The molecule has 2 rings (SSSR count). The van der Waals surface area contributed by atoms with E-state index in [9.17, 15) is 9.90 Å². The minimum absolute atomic E-state index is 0.229. The first-order valence-corrected chi connectivity index (χ1v) is 5.81. The first-order chi connectivity index (χ1) is 8.56. The Morgan fingerprint density at radius 3 is 2.61 bits per heavy atom. The lowest BCUT2D eigenvalue weighted by Crippen LogP contribution is -2.12. The third-order valence-electron chi connectivity index (χ3n) is 2.19. The van der Waals surface area contributed by atoms with E-state index in [-0.39, 0.29) is 17.1 Å². The van der Waals surface area contributed by atoms with Crippen molar-refractivity contribution in [3.05, 3.63) is 46.6 Å². The fourth-order valence-corrected chi connectivity index (χ4v) is 1.67. The molecule has 1 aromatic carbocycles. The standard InChI is InChI=1S/C12H9BrN2O3/c13-10-2-1-3-11(14-10)15-12(18)7-4-5-8(16)9(17)6-7/h1-6,16-17H,(H,14,15,18). The SMILES string of the molecule is O=C(Nc1cccc(Br)n1)c1ccc(O)c(O)c1. The third kappa shape index (κ3) is 2.78. The first-order valence-electron chi connectivity index (χ1n) is 5.02. The maximum Gasteiger partial charge on any atom is 0.256 e. The Labute approximate surface area is 111 Å². The second-order valence-corrected chi connectivity index (χ2v) is 4.32. The summed E-state index contributed by atoms with van der Waals surface area (Å²) in [4.78, 5) is 15.9. The first kappa shape index (κ1) is 12.4. The van der Waals surface area contributed by atoms with Crippen molar-refractivity contribution in [2.45, 2.75) is 0 Å². The lowest BCUT2D eigenvalue weighted by atomic mass is 10.2. The zero-order chi connectivity index (χ0) is 13.1. The number of carbonyl (C=O) groups is 1. The minimum atomic E-state index is -0.420. The molecule has 1 heterocycles. The molecule has 0 saturated heterocycles. The van der Waals surface area contributed by atoms with E-state index < -0.39 is 5.91 Å². The van der Waals surface area contributed by atoms with Crippen molar-refractivity contribution in [3.8, 4) is 11.5 Å². The van der Waals surface area contributed by atoms with Crippen LogP contribution < -0.4 is 5.32 Å². The molecule has 0 aliphatic rings. The maximum atomic E-state index is 11.8. The Morgan fingerprint density at radius 2 is 1.94 bits per heavy atom. The summed E-state index contributed by atoms with van der Waals surface area (Å²) in [6.45, 7) is 0. The number of carbonyl (C=O) groups excluding carboxylic acids is 1. The topological polar surface area (TPSA) is 82.5 Å². The van der Waals surface area contributed by atoms with E-state index in [4.69, 9.17) is 5.11 Å². The average molecular weight is 309 g/mol. The van der Waals surface area contributed by atoms with Crippen LogP contribution in [0.3, 0.4) is 0 Å². The highest BCUT2D eigenvalue weighted by Crippen LogP contribution is 2.25. The molecule has 0 bridgehead atoms. The van der Waals surface area contributed by atoms with Crippen LogP contribution in [0.15, 0.2) is 41.0 Å². The van der Waals surface area contributed by atoms with Gasteiger partial charge in [0.15, 0.2) is 11.5 Å². The van der Waals surface area contributed by atoms with Crippen molar-refractivity contribution in [2.24, 2.45) is 0 Å². The van der Waals surface area contributed by atoms with Crippen LogP contribution in [0.25, 0.3) is 0 Å². The molecule has 2 aromatic rings. The molecule has 0 unspecified atom stereocenters. The van der Waals surface area contributed by atoms with Gasteiger partial charge in [0.05, 0.1) is 0 Å². The van der Waals surface area contributed by atoms with E-state index in [1.165, 1.54) is 18.2 Å². The van der Waals surface area contributed by atoms with Gasteiger partial charge in [0.2, 0.25) is 0 Å². The highest BCUT2D eigenvalue weighted by molar-refractivity contribution is 9.10. The fraction of sp³-hybridized carbons (Fsp3) is 0. The lowest BCUT2D eigenvalue weighted by Gasteiger charge is -2.05. The molecule has 6 heteroatoms. The van der Waals surface area contributed by atoms with Crippen molar-refractivity contribution in [2.75, 3.05) is 5.32 Å². The number of benzene rings is 1. The van der Waals surface area contributed by atoms with E-state index in [2.05, 4.69) is 26.2 Å². The summed E-state index contributed by atoms with van der Waals surface area (Å²) in [5.74, 6) is -0.644. The van der Waals surface area contributed by atoms with Gasteiger partial charge >= 0.3 is 0 Å². The quantitative estimate of drug-likeness (QED) is 0.588. The van der Waals surface area contributed by atoms with E-state index in [1.54, 1.807) is 18.2 Å². The van der Waals surface area contributed by atoms with Gasteiger partial charge in [0.1, 0.15) is 10.4 Å². The van der Waals surface area contributed by atoms with Gasteiger partial charge in [-0.3, -0.25) is 4.79 Å². The highest BCUT2D eigenvalue weighted by atomic mass is 79.9. The summed E-state index contributed by atoms with van der Waals surface area (Å²) in [5.41, 5.74) is 0.229. The van der Waals surface area contributed by atoms with E-state index >= 15 is 0 Å². The number of nitrogens with zero attached hydrogens (tertiary/aromatic N) is 1. The molecular formula is C12H9BrN2O3. The molecule has 1 aromatic heterocycles. The molecule has 18 heavy (non-hydrogen) atoms. The van der Waals surface area contributed by atoms with Crippen molar-refractivity contribution in [1.29, 1.82) is 0 Å². The van der Waals surface area contributed by atoms with Crippen LogP contribution in [0.4, 0.5) is 5.82 Å². The molecule has 0 atom stereocenters. The number of hydrogen-bond acceptors (Lipinski definition) is 4. The Balaban J connectivity index is 2.19. The largest absolute Gasteiger partial charge is 0.504 e. The number of hydrogen-bond donors (Lipinski definition) is 3. The van der Waals surface area contributed by atoms with E-state index in [1.807, 2.05) is 0 Å². The molecule has 0 radical (unpaired) electrons. The Kier molecular flexibility index (Phi) is 3.47. The molecule has 0 aliphatic heterocycles. The average Bonchev–Trinajstić information content (AvgIpc) is 2.32. The summed E-state index contributed by atoms with van der Waals surface area (Å²) < 4.78 is 0.605. The molecule has 0 saturated carbocycles. The maximum absolute atomic E-state index is 11.8. The minimum Gasteiger partial charge on any atom is -0.504 e. The van der Waals surface area contributed by atoms with Gasteiger partial charge in [0.25, 0.3) is 5.91 Å². The van der Waals surface area contributed by atoms with Gasteiger partial charge in [-0.1, -0.05) is 6.07 Å². The lowest BCUT2D eigenvalue weighted by molar-refractivity contribution is 0.102. The summed E-state index contributed by atoms with van der Waals surface area (Å²) in [7, 11) is 0. The molecule has 0 aliphatic carbocycles. The van der Waals surface area contributed by atoms with Gasteiger partial charge in [-0.2, -0.15) is 0 Å². The summed E-state index contributed by atoms with van der Waals surface area (Å²) in [6, 6.07) is 8.95. The molecule has 92 valence electrons. The number of aromatic hydroxyl groups is 2. The van der Waals surface area contributed by atoms with Gasteiger partial charge in [-0.25, -0.2) is 4.98 Å². The van der Waals surface area contributed by atoms with Crippen molar-refractivity contribution in [3.63, 3.8) is 0 Å². The number of halogens is 1. The smallest absolute Gasteiger partial charge is 0.256 e. The van der Waals surface area contributed by atoms with Crippen LogP contribution in [0.5, 0.6) is 11.5 Å². The number of rotatable bonds is 2.